The van der Waals surface area contributed by atoms with Crippen molar-refractivity contribution in [1.82, 2.24) is 24.4 Å². The van der Waals surface area contributed by atoms with Crippen LogP contribution in [-0.2, 0) is 27.5 Å². The molecule has 2 aliphatic heterocycles. The summed E-state index contributed by atoms with van der Waals surface area (Å²) in [5.41, 5.74) is 0.152. The number of hydrogen-bond acceptors (Lipinski definition) is 11. The standard InChI is InChI=1S/C41H45N5O11/c1-22-11-31(48)27-12-25-13-34(57-54-20-33(50)41(53,39(52)32(49)19-47)21-45-10-6-28-30(45)5-9-42-28)40(7-2-3-23(15-40)26-14-35(51)44-16-26)56-37(25)36(38(27)55-22)46-17-24-4-8-43-29(24)18-46/h2-6,8-12,17-18,23,26,32-34,39,42-43,47,49-50,52-53H,7,13-16,19-21H2,1H3,(H,44,51)/t23-,26+,32-,33+,34-,39-,40-,41-/m1/s1. The van der Waals surface area contributed by atoms with Gasteiger partial charge in [-0.25, -0.2) is 9.78 Å². The molecule has 1 spiro atoms. The fourth-order valence-corrected chi connectivity index (χ4v) is 8.94. The number of hydrogen-bond donors (Lipinski definition) is 8. The zero-order chi connectivity index (χ0) is 39.6. The molecule has 8 atom stereocenters. The second-order valence-electron chi connectivity index (χ2n) is 15.8. The Morgan fingerprint density at radius 3 is 2.68 bits per heavy atom. The van der Waals surface area contributed by atoms with E-state index in [0.29, 0.717) is 65.1 Å². The molecule has 9 rings (SSSR count). The van der Waals surface area contributed by atoms with Gasteiger partial charge in [-0.1, -0.05) is 12.2 Å². The third-order valence-corrected chi connectivity index (χ3v) is 12.1. The molecule has 0 unspecified atom stereocenters. The number of aliphatic hydroxyl groups excluding tert-OH is 4. The number of rotatable bonds is 12. The Kier molecular flexibility index (Phi) is 9.39. The van der Waals surface area contributed by atoms with Gasteiger partial charge in [-0.15, -0.1) is 0 Å². The largest absolute Gasteiger partial charge is 0.481 e. The Morgan fingerprint density at radius 1 is 1.07 bits per heavy atom. The summed E-state index contributed by atoms with van der Waals surface area (Å²) in [6, 6.07) is 8.65. The maximum absolute atomic E-state index is 13.5. The highest BCUT2D eigenvalue weighted by atomic mass is 17.2. The van der Waals surface area contributed by atoms with Crippen LogP contribution in [0.3, 0.4) is 0 Å². The third-order valence-electron chi connectivity index (χ3n) is 12.1. The molecule has 1 fully saturated rings. The van der Waals surface area contributed by atoms with E-state index in [9.17, 15) is 35.1 Å². The Hall–Kier alpha value is -5.20. The van der Waals surface area contributed by atoms with Gasteiger partial charge in [0.05, 0.1) is 35.1 Å². The molecule has 1 aromatic carbocycles. The number of carbonyl (C=O) groups is 1. The average molecular weight is 784 g/mol. The molecule has 16 heteroatoms. The highest BCUT2D eigenvalue weighted by Crippen LogP contribution is 2.49. The number of aliphatic hydroxyl groups is 5. The monoisotopic (exact) mass is 783 g/mol. The fraction of sp³-hybridized carbons (Fsp3) is 0.415. The lowest BCUT2D eigenvalue weighted by atomic mass is 9.71. The van der Waals surface area contributed by atoms with Crippen molar-refractivity contribution in [3.05, 3.63) is 95.0 Å². The van der Waals surface area contributed by atoms with Crippen molar-refractivity contribution in [1.29, 1.82) is 0 Å². The zero-order valence-corrected chi connectivity index (χ0v) is 31.1. The van der Waals surface area contributed by atoms with Crippen molar-refractivity contribution in [2.24, 2.45) is 11.8 Å². The molecule has 6 aromatic rings. The van der Waals surface area contributed by atoms with Crippen LogP contribution in [-0.4, -0.2) is 106 Å². The fourth-order valence-electron chi connectivity index (χ4n) is 8.94. The normalized spacial score (nSPS) is 24.8. The van der Waals surface area contributed by atoms with E-state index in [0.717, 1.165) is 16.4 Å². The van der Waals surface area contributed by atoms with E-state index >= 15 is 0 Å². The number of benzene rings is 1. The van der Waals surface area contributed by atoms with E-state index in [1.807, 2.05) is 35.3 Å². The molecule has 0 bridgehead atoms. The summed E-state index contributed by atoms with van der Waals surface area (Å²) in [5.74, 6) is 0.859. The molecule has 0 radical (unpaired) electrons. The molecule has 0 saturated carbocycles. The van der Waals surface area contributed by atoms with E-state index in [2.05, 4.69) is 21.4 Å². The van der Waals surface area contributed by atoms with E-state index in [1.54, 1.807) is 42.1 Å². The third kappa shape index (κ3) is 6.46. The highest BCUT2D eigenvalue weighted by molar-refractivity contribution is 5.91. The molecule has 8 N–H and O–H groups in total. The molecular weight excluding hydrogens is 738 g/mol. The molecule has 16 nitrogen and oxygen atoms in total. The quantitative estimate of drug-likeness (QED) is 0.0510. The van der Waals surface area contributed by atoms with Gasteiger partial charge in [0.25, 0.3) is 0 Å². The molecule has 3 aliphatic rings. The smallest absolute Gasteiger partial charge is 0.220 e. The summed E-state index contributed by atoms with van der Waals surface area (Å²) in [6.45, 7) is 0.350. The van der Waals surface area contributed by atoms with Crippen LogP contribution in [0.15, 0.2) is 82.7 Å². The van der Waals surface area contributed by atoms with Gasteiger partial charge >= 0.3 is 0 Å². The molecule has 300 valence electrons. The van der Waals surface area contributed by atoms with Crippen molar-refractivity contribution < 1.29 is 49.3 Å². The zero-order valence-electron chi connectivity index (χ0n) is 31.1. The highest BCUT2D eigenvalue weighted by Gasteiger charge is 2.52. The first-order chi connectivity index (χ1) is 27.5. The maximum atomic E-state index is 13.5. The number of H-pyrrole nitrogens is 2. The van der Waals surface area contributed by atoms with Crippen LogP contribution >= 0.6 is 0 Å². The van der Waals surface area contributed by atoms with Crippen LogP contribution in [0.25, 0.3) is 38.6 Å². The number of nitrogens with zero attached hydrogens (tertiary/aromatic N) is 2. The summed E-state index contributed by atoms with van der Waals surface area (Å²) in [4.78, 5) is 44.1. The lowest BCUT2D eigenvalue weighted by Crippen LogP contribution is -2.61. The van der Waals surface area contributed by atoms with Crippen LogP contribution in [0.1, 0.15) is 30.6 Å². The topological polar surface area (TPSA) is 230 Å². The minimum Gasteiger partial charge on any atom is -0.481 e. The van der Waals surface area contributed by atoms with Crippen LogP contribution < -0.4 is 15.5 Å². The molecule has 1 aliphatic carbocycles. The number of aromatic amines is 2. The van der Waals surface area contributed by atoms with Crippen LogP contribution in [0.2, 0.25) is 0 Å². The number of aryl methyl sites for hydroxylation is 1. The van der Waals surface area contributed by atoms with Crippen molar-refractivity contribution in [3.63, 3.8) is 0 Å². The second kappa shape index (κ2) is 14.3. The molecule has 57 heavy (non-hydrogen) atoms. The van der Waals surface area contributed by atoms with Crippen molar-refractivity contribution in [3.8, 4) is 11.4 Å². The van der Waals surface area contributed by atoms with Gasteiger partial charge in [-0.3, -0.25) is 9.59 Å². The van der Waals surface area contributed by atoms with Gasteiger partial charge in [0.1, 0.15) is 53.7 Å². The Bertz CT molecular complexity index is 2520. The molecule has 5 aromatic heterocycles. The first-order valence-electron chi connectivity index (χ1n) is 19.1. The first-order valence-corrected chi connectivity index (χ1v) is 19.1. The predicted octanol–water partition coefficient (Wildman–Crippen LogP) is 2.26. The van der Waals surface area contributed by atoms with Gasteiger partial charge in [0.15, 0.2) is 16.8 Å². The van der Waals surface area contributed by atoms with Crippen molar-refractivity contribution >= 4 is 38.8 Å². The van der Waals surface area contributed by atoms with E-state index in [-0.39, 0.29) is 36.1 Å². The van der Waals surface area contributed by atoms with Crippen molar-refractivity contribution in [2.75, 3.05) is 19.8 Å². The number of nitrogens with one attached hydrogen (secondary N) is 3. The van der Waals surface area contributed by atoms with E-state index < -0.39 is 48.8 Å². The molecule has 1 amide bonds. The summed E-state index contributed by atoms with van der Waals surface area (Å²) < 4.78 is 16.9. The second-order valence-corrected chi connectivity index (χ2v) is 15.8. The molecule has 1 saturated heterocycles. The Morgan fingerprint density at radius 2 is 1.89 bits per heavy atom. The minimum absolute atomic E-state index is 0.0102. The summed E-state index contributed by atoms with van der Waals surface area (Å²) in [6.07, 6.45) is 8.14. The van der Waals surface area contributed by atoms with Crippen LogP contribution in [0.5, 0.6) is 5.75 Å². The Labute approximate surface area is 324 Å². The van der Waals surface area contributed by atoms with E-state index in [1.165, 1.54) is 6.07 Å². The summed E-state index contributed by atoms with van der Waals surface area (Å²) in [7, 11) is 0. The van der Waals surface area contributed by atoms with Gasteiger partial charge < -0.3 is 59.1 Å². The first kappa shape index (κ1) is 37.4. The number of allylic oxidation sites excluding steroid dienone is 1. The minimum atomic E-state index is -2.41. The van der Waals surface area contributed by atoms with Gasteiger partial charge in [-0.05, 0) is 49.4 Å². The van der Waals surface area contributed by atoms with Crippen LogP contribution in [0.4, 0.5) is 0 Å². The van der Waals surface area contributed by atoms with E-state index in [4.69, 9.17) is 18.9 Å². The average Bonchev–Trinajstić information content (AvgIpc) is 4.04. The number of fused-ring (bicyclic) bond motifs is 4. The van der Waals surface area contributed by atoms with Gasteiger partial charge in [0, 0.05) is 73.8 Å². The lowest BCUT2D eigenvalue weighted by Gasteiger charge is -2.47. The number of carbonyl (C=O) groups excluding carboxylic acids is 1. The summed E-state index contributed by atoms with van der Waals surface area (Å²) in [5, 5.41) is 58.8. The van der Waals surface area contributed by atoms with Gasteiger partial charge in [-0.2, -0.15) is 0 Å². The number of ether oxygens (including phenoxy) is 1. The SMILES string of the molecule is Cc1cc(=O)c2cc3c(c(-n4cc5cc[nH]c5c4)c2o1)O[C@@]1(CC=C[C@@H]([C@@H]2CNC(=O)C2)C1)[C@H](OOC[C@H](O)[C@](O)(Cn1ccc2[nH]ccc21)[C@H](O)[C@H](O)CO)C3. The number of aromatic nitrogens is 4. The van der Waals surface area contributed by atoms with Crippen LogP contribution in [0, 0.1) is 18.8 Å². The van der Waals surface area contributed by atoms with Gasteiger partial charge in [0.2, 0.25) is 5.91 Å². The molecular formula is C41H45N5O11. The maximum Gasteiger partial charge on any atom is 0.220 e. The summed E-state index contributed by atoms with van der Waals surface area (Å²) >= 11 is 0. The van der Waals surface area contributed by atoms with Crippen molar-refractivity contribution in [2.45, 2.75) is 74.8 Å². The molecule has 7 heterocycles. The Balaban J connectivity index is 1.07. The predicted molar refractivity (Wildman–Crippen MR) is 206 cm³/mol. The lowest BCUT2D eigenvalue weighted by molar-refractivity contribution is -0.367. The number of amides is 1.